The third-order valence-corrected chi connectivity index (χ3v) is 6.35. The van der Waals surface area contributed by atoms with Crippen LogP contribution >= 0.6 is 24.0 Å². The van der Waals surface area contributed by atoms with Crippen LogP contribution in [-0.4, -0.2) is 91.1 Å². The second-order valence-corrected chi connectivity index (χ2v) is 8.45. The Labute approximate surface area is 203 Å². The van der Waals surface area contributed by atoms with Crippen LogP contribution in [0.3, 0.4) is 0 Å². The van der Waals surface area contributed by atoms with Gasteiger partial charge in [0.05, 0.1) is 18.8 Å². The Morgan fingerprint density at radius 2 is 1.87 bits per heavy atom. The van der Waals surface area contributed by atoms with Gasteiger partial charge >= 0.3 is 0 Å². The van der Waals surface area contributed by atoms with Crippen molar-refractivity contribution in [2.45, 2.75) is 44.9 Å². The van der Waals surface area contributed by atoms with E-state index in [-0.39, 0.29) is 42.5 Å². The number of morpholine rings is 1. The number of fused-ring (bicyclic) bond motifs is 1. The van der Waals surface area contributed by atoms with E-state index in [2.05, 4.69) is 52.4 Å². The first-order valence-electron chi connectivity index (χ1n) is 11.4. The topological polar surface area (TPSA) is 60.4 Å². The van der Waals surface area contributed by atoms with E-state index in [1.54, 1.807) is 0 Å². The molecule has 7 nitrogen and oxygen atoms in total. The molecule has 3 heterocycles. The summed E-state index contributed by atoms with van der Waals surface area (Å²) in [5, 5.41) is 3.39. The molecule has 0 bridgehead atoms. The van der Waals surface area contributed by atoms with Gasteiger partial charge in [-0.1, -0.05) is 30.3 Å². The second-order valence-electron chi connectivity index (χ2n) is 8.45. The first-order valence-corrected chi connectivity index (χ1v) is 11.4. The van der Waals surface area contributed by atoms with Crippen LogP contribution < -0.4 is 5.32 Å². The Bertz CT molecular complexity index is 726. The number of nitrogens with zero attached hydrogens (tertiary/aromatic N) is 4. The van der Waals surface area contributed by atoms with Crippen molar-refractivity contribution in [2.75, 3.05) is 52.4 Å². The molecule has 31 heavy (non-hydrogen) atoms. The number of aliphatic imine (C=N–C) groups is 1. The van der Waals surface area contributed by atoms with Gasteiger partial charge in [0.2, 0.25) is 5.91 Å². The molecule has 172 valence electrons. The smallest absolute Gasteiger partial charge is 0.244 e. The molecule has 8 heteroatoms. The number of amides is 1. The van der Waals surface area contributed by atoms with Crippen molar-refractivity contribution in [3.63, 3.8) is 0 Å². The molecule has 2 atom stereocenters. The zero-order valence-corrected chi connectivity index (χ0v) is 20.9. The van der Waals surface area contributed by atoms with Crippen molar-refractivity contribution in [3.8, 4) is 0 Å². The number of rotatable bonds is 5. The number of hydrogen-bond donors (Lipinski definition) is 1. The highest BCUT2D eigenvalue weighted by Crippen LogP contribution is 2.24. The molecule has 4 rings (SSSR count). The van der Waals surface area contributed by atoms with Crippen molar-refractivity contribution < 1.29 is 9.53 Å². The molecule has 2 unspecified atom stereocenters. The zero-order chi connectivity index (χ0) is 20.8. The summed E-state index contributed by atoms with van der Waals surface area (Å²) in [5.41, 5.74) is 1.34. The fraction of sp³-hybridized carbons (Fsp3) is 0.652. The number of hydrogen-bond acceptors (Lipinski definition) is 4. The summed E-state index contributed by atoms with van der Waals surface area (Å²) >= 11 is 0. The lowest BCUT2D eigenvalue weighted by Gasteiger charge is -2.36. The molecule has 0 aliphatic carbocycles. The fourth-order valence-electron chi connectivity index (χ4n) is 4.76. The van der Waals surface area contributed by atoms with Crippen LogP contribution in [0, 0.1) is 0 Å². The van der Waals surface area contributed by atoms with Gasteiger partial charge in [-0.2, -0.15) is 0 Å². The van der Waals surface area contributed by atoms with Crippen LogP contribution in [0.4, 0.5) is 0 Å². The van der Waals surface area contributed by atoms with Crippen LogP contribution in [0.5, 0.6) is 0 Å². The van der Waals surface area contributed by atoms with Gasteiger partial charge in [0, 0.05) is 45.8 Å². The van der Waals surface area contributed by atoms with Crippen molar-refractivity contribution in [1.29, 1.82) is 0 Å². The van der Waals surface area contributed by atoms with Gasteiger partial charge in [0.25, 0.3) is 0 Å². The molecular formula is C23H36IN5O2. The molecule has 3 saturated heterocycles. The Morgan fingerprint density at radius 1 is 1.10 bits per heavy atom. The molecule has 1 aromatic rings. The summed E-state index contributed by atoms with van der Waals surface area (Å²) in [6.45, 7) is 9.20. The van der Waals surface area contributed by atoms with E-state index in [0.717, 1.165) is 71.2 Å². The predicted molar refractivity (Wildman–Crippen MR) is 134 cm³/mol. The lowest BCUT2D eigenvalue weighted by atomic mass is 10.1. The van der Waals surface area contributed by atoms with E-state index in [9.17, 15) is 4.79 Å². The molecule has 0 saturated carbocycles. The van der Waals surface area contributed by atoms with E-state index in [1.165, 1.54) is 12.0 Å². The van der Waals surface area contributed by atoms with Gasteiger partial charge in [-0.3, -0.25) is 9.69 Å². The molecule has 1 aromatic carbocycles. The second kappa shape index (κ2) is 12.0. The fourth-order valence-corrected chi connectivity index (χ4v) is 4.76. The average Bonchev–Trinajstić information content (AvgIpc) is 3.23. The quantitative estimate of drug-likeness (QED) is 0.352. The van der Waals surface area contributed by atoms with Gasteiger partial charge in [-0.25, -0.2) is 4.99 Å². The molecule has 1 N–H and O–H groups in total. The van der Waals surface area contributed by atoms with Crippen LogP contribution in [0.25, 0.3) is 0 Å². The number of nitrogens with one attached hydrogen (secondary N) is 1. The Morgan fingerprint density at radius 3 is 2.61 bits per heavy atom. The number of ether oxygens (including phenoxy) is 1. The van der Waals surface area contributed by atoms with Crippen LogP contribution in [-0.2, 0) is 16.1 Å². The highest BCUT2D eigenvalue weighted by Gasteiger charge is 2.41. The van der Waals surface area contributed by atoms with Crippen LogP contribution in [0.15, 0.2) is 35.3 Å². The van der Waals surface area contributed by atoms with Crippen LogP contribution in [0.2, 0.25) is 0 Å². The summed E-state index contributed by atoms with van der Waals surface area (Å²) in [6, 6.07) is 11.0. The first-order chi connectivity index (χ1) is 14.7. The van der Waals surface area contributed by atoms with Crippen molar-refractivity contribution in [2.24, 2.45) is 4.99 Å². The lowest BCUT2D eigenvalue weighted by molar-refractivity contribution is -0.130. The normalized spacial score (nSPS) is 24.5. The maximum atomic E-state index is 12.6. The maximum Gasteiger partial charge on any atom is 0.244 e. The molecule has 3 aliphatic rings. The van der Waals surface area contributed by atoms with Gasteiger partial charge < -0.3 is 19.9 Å². The first kappa shape index (κ1) is 24.3. The molecule has 3 aliphatic heterocycles. The Balaban J connectivity index is 0.00000272. The number of guanidine groups is 1. The lowest BCUT2D eigenvalue weighted by Crippen LogP contribution is -2.50. The summed E-state index contributed by atoms with van der Waals surface area (Å²) in [4.78, 5) is 24.0. The average molecular weight is 541 g/mol. The van der Waals surface area contributed by atoms with Crippen LogP contribution in [0.1, 0.15) is 31.7 Å². The van der Waals surface area contributed by atoms with E-state index < -0.39 is 0 Å². The van der Waals surface area contributed by atoms with E-state index >= 15 is 0 Å². The number of halogens is 1. The Hall–Kier alpha value is -1.39. The summed E-state index contributed by atoms with van der Waals surface area (Å²) in [6.07, 6.45) is 3.63. The minimum Gasteiger partial charge on any atom is -0.373 e. The third kappa shape index (κ3) is 6.32. The minimum absolute atomic E-state index is 0. The summed E-state index contributed by atoms with van der Waals surface area (Å²) in [5.74, 6) is 0.976. The molecular weight excluding hydrogens is 505 g/mol. The van der Waals surface area contributed by atoms with E-state index in [4.69, 9.17) is 9.73 Å². The largest absolute Gasteiger partial charge is 0.373 e. The van der Waals surface area contributed by atoms with Gasteiger partial charge in [0.1, 0.15) is 6.54 Å². The SMILES string of the molecule is CCNC(=NCC(=O)N1CCCCC1)N1CC2OCCN(Cc3ccccc3)C2C1.I. The van der Waals surface area contributed by atoms with Gasteiger partial charge in [0.15, 0.2) is 5.96 Å². The number of benzene rings is 1. The van der Waals surface area contributed by atoms with Gasteiger partial charge in [-0.15, -0.1) is 24.0 Å². The third-order valence-electron chi connectivity index (χ3n) is 6.35. The molecule has 0 aromatic heterocycles. The van der Waals surface area contributed by atoms with Gasteiger partial charge in [-0.05, 0) is 31.7 Å². The number of piperidine rings is 1. The van der Waals surface area contributed by atoms with E-state index in [1.807, 2.05) is 4.90 Å². The van der Waals surface area contributed by atoms with E-state index in [0.29, 0.717) is 6.04 Å². The Kier molecular flexibility index (Phi) is 9.40. The highest BCUT2D eigenvalue weighted by molar-refractivity contribution is 14.0. The monoisotopic (exact) mass is 541 g/mol. The standard InChI is InChI=1S/C23H35N5O2.HI/c1-2-24-23(25-15-22(29)26-11-7-4-8-12-26)28-17-20-21(18-28)30-14-13-27(20)16-19-9-5-3-6-10-19;/h3,5-6,9-10,20-21H,2,4,7-8,11-18H2,1H3,(H,24,25);1H. The zero-order valence-electron chi connectivity index (χ0n) is 18.5. The summed E-state index contributed by atoms with van der Waals surface area (Å²) < 4.78 is 6.11. The summed E-state index contributed by atoms with van der Waals surface area (Å²) in [7, 11) is 0. The molecule has 0 radical (unpaired) electrons. The number of carbonyl (C=O) groups excluding carboxylic acids is 1. The van der Waals surface area contributed by atoms with Crippen molar-refractivity contribution >= 4 is 35.8 Å². The van der Waals surface area contributed by atoms with Crippen molar-refractivity contribution in [3.05, 3.63) is 35.9 Å². The number of carbonyl (C=O) groups is 1. The minimum atomic E-state index is 0. The highest BCUT2D eigenvalue weighted by atomic mass is 127. The number of likely N-dealkylation sites (tertiary alicyclic amines) is 2. The molecule has 0 spiro atoms. The predicted octanol–water partition coefficient (Wildman–Crippen LogP) is 2.17. The van der Waals surface area contributed by atoms with Crippen molar-refractivity contribution in [1.82, 2.24) is 20.0 Å². The maximum absolute atomic E-state index is 12.6. The molecule has 1 amide bonds. The molecule has 3 fully saturated rings.